The summed E-state index contributed by atoms with van der Waals surface area (Å²) in [6.45, 7) is 6.73. The maximum Gasteiger partial charge on any atom is 0.244 e. The van der Waals surface area contributed by atoms with Crippen LogP contribution in [0.1, 0.15) is 37.3 Å². The van der Waals surface area contributed by atoms with Crippen LogP contribution in [0.25, 0.3) is 0 Å². The number of likely N-dealkylation sites (tertiary alicyclic amines) is 1. The molecule has 7 heteroatoms. The fraction of sp³-hybridized carbons (Fsp3) is 0.789. The summed E-state index contributed by atoms with van der Waals surface area (Å²) in [4.78, 5) is 17.5. The maximum atomic E-state index is 12.8. The maximum absolute atomic E-state index is 12.8. The summed E-state index contributed by atoms with van der Waals surface area (Å²) in [6.07, 6.45) is 6.47. The second kappa shape index (κ2) is 8.76. The van der Waals surface area contributed by atoms with Crippen molar-refractivity contribution in [2.45, 2.75) is 44.2 Å². The Kier molecular flexibility index (Phi) is 6.17. The number of piperidine rings is 2. The number of aromatic nitrogens is 2. The molecule has 26 heavy (non-hydrogen) atoms. The first-order valence-electron chi connectivity index (χ1n) is 10.1. The van der Waals surface area contributed by atoms with Gasteiger partial charge in [0, 0.05) is 68.1 Å². The largest absolute Gasteiger partial charge is 0.341 e. The number of hydrogen-bond acceptors (Lipinski definition) is 5. The van der Waals surface area contributed by atoms with Crippen molar-refractivity contribution in [3.63, 3.8) is 0 Å². The minimum Gasteiger partial charge on any atom is -0.341 e. The molecule has 0 aromatic carbocycles. The molecule has 1 atom stereocenters. The average molecular weight is 378 g/mol. The van der Waals surface area contributed by atoms with Crippen molar-refractivity contribution in [1.82, 2.24) is 24.9 Å². The molecule has 6 nitrogen and oxygen atoms in total. The summed E-state index contributed by atoms with van der Waals surface area (Å²) in [7, 11) is 0. The Hall–Kier alpha value is -1.05. The van der Waals surface area contributed by atoms with Gasteiger partial charge in [-0.3, -0.25) is 14.4 Å². The Bertz CT molecular complexity index is 587. The summed E-state index contributed by atoms with van der Waals surface area (Å²) in [5.41, 5.74) is 1.21. The SMILES string of the molecule is O=C(Cn1nccc1[C@@H]1CCCNC1)N1CCC(N2CCSCC2)CC1. The summed E-state index contributed by atoms with van der Waals surface area (Å²) < 4.78 is 1.94. The van der Waals surface area contributed by atoms with E-state index in [1.165, 1.54) is 43.1 Å². The van der Waals surface area contributed by atoms with Gasteiger partial charge in [-0.1, -0.05) is 0 Å². The Morgan fingerprint density at radius 3 is 2.73 bits per heavy atom. The van der Waals surface area contributed by atoms with Crippen LogP contribution in [0.4, 0.5) is 0 Å². The number of thioether (sulfide) groups is 1. The van der Waals surface area contributed by atoms with Crippen molar-refractivity contribution in [2.24, 2.45) is 0 Å². The van der Waals surface area contributed by atoms with Gasteiger partial charge in [0.25, 0.3) is 0 Å². The topological polar surface area (TPSA) is 53.4 Å². The number of rotatable bonds is 4. The Balaban J connectivity index is 1.30. The zero-order valence-electron chi connectivity index (χ0n) is 15.6. The minimum absolute atomic E-state index is 0.228. The van der Waals surface area contributed by atoms with E-state index < -0.39 is 0 Å². The van der Waals surface area contributed by atoms with Gasteiger partial charge in [-0.25, -0.2) is 0 Å². The molecular weight excluding hydrogens is 346 g/mol. The molecule has 3 aliphatic rings. The van der Waals surface area contributed by atoms with Crippen molar-refractivity contribution in [1.29, 1.82) is 0 Å². The van der Waals surface area contributed by atoms with E-state index in [0.717, 1.165) is 39.0 Å². The fourth-order valence-electron chi connectivity index (χ4n) is 4.58. The number of carbonyl (C=O) groups is 1. The van der Waals surface area contributed by atoms with E-state index in [9.17, 15) is 4.79 Å². The van der Waals surface area contributed by atoms with Crippen molar-refractivity contribution in [3.8, 4) is 0 Å². The third-order valence-electron chi connectivity index (χ3n) is 6.13. The van der Waals surface area contributed by atoms with Gasteiger partial charge in [0.1, 0.15) is 6.54 Å². The van der Waals surface area contributed by atoms with Gasteiger partial charge in [0.15, 0.2) is 0 Å². The first-order valence-corrected chi connectivity index (χ1v) is 11.3. The van der Waals surface area contributed by atoms with Gasteiger partial charge in [0.2, 0.25) is 5.91 Å². The molecule has 1 N–H and O–H groups in total. The molecule has 0 unspecified atom stereocenters. The molecule has 0 bridgehead atoms. The molecule has 3 saturated heterocycles. The van der Waals surface area contributed by atoms with Crippen LogP contribution >= 0.6 is 11.8 Å². The molecule has 0 aliphatic carbocycles. The molecule has 1 aromatic heterocycles. The van der Waals surface area contributed by atoms with E-state index in [0.29, 0.717) is 18.5 Å². The highest BCUT2D eigenvalue weighted by Gasteiger charge is 2.28. The van der Waals surface area contributed by atoms with Crippen LogP contribution in [0, 0.1) is 0 Å². The quantitative estimate of drug-likeness (QED) is 0.859. The molecule has 0 radical (unpaired) electrons. The minimum atomic E-state index is 0.228. The second-order valence-electron chi connectivity index (χ2n) is 7.72. The highest BCUT2D eigenvalue weighted by molar-refractivity contribution is 7.99. The predicted octanol–water partition coefficient (Wildman–Crippen LogP) is 1.39. The molecule has 4 rings (SSSR count). The number of amides is 1. The third kappa shape index (κ3) is 4.26. The predicted molar refractivity (Wildman–Crippen MR) is 106 cm³/mol. The van der Waals surface area contributed by atoms with Crippen LogP contribution in [0.3, 0.4) is 0 Å². The molecule has 0 spiro atoms. The first kappa shape index (κ1) is 18.3. The molecule has 3 fully saturated rings. The standard InChI is InChI=1S/C19H31N5OS/c25-19(15-24-18(3-7-21-24)16-2-1-6-20-14-16)23-8-4-17(5-9-23)22-10-12-26-13-11-22/h3,7,16-17,20H,1-2,4-6,8-15H2/t16-/m1/s1. The third-order valence-corrected chi connectivity index (χ3v) is 7.07. The van der Waals surface area contributed by atoms with E-state index in [1.54, 1.807) is 0 Å². The van der Waals surface area contributed by atoms with Crippen molar-refractivity contribution >= 4 is 17.7 Å². The molecular formula is C19H31N5OS. The normalized spacial score (nSPS) is 26.2. The van der Waals surface area contributed by atoms with E-state index in [1.807, 2.05) is 10.9 Å². The molecule has 3 aliphatic heterocycles. The first-order chi connectivity index (χ1) is 12.8. The van der Waals surface area contributed by atoms with Gasteiger partial charge >= 0.3 is 0 Å². The van der Waals surface area contributed by atoms with Crippen molar-refractivity contribution < 1.29 is 4.79 Å². The van der Waals surface area contributed by atoms with Gasteiger partial charge in [-0.2, -0.15) is 16.9 Å². The zero-order valence-corrected chi connectivity index (χ0v) is 16.4. The lowest BCUT2D eigenvalue weighted by molar-refractivity contribution is -0.133. The number of carbonyl (C=O) groups excluding carboxylic acids is 1. The van der Waals surface area contributed by atoms with Gasteiger partial charge in [0.05, 0.1) is 0 Å². The Morgan fingerprint density at radius 1 is 1.19 bits per heavy atom. The lowest BCUT2D eigenvalue weighted by Gasteiger charge is -2.40. The van der Waals surface area contributed by atoms with Crippen molar-refractivity contribution in [2.75, 3.05) is 50.8 Å². The number of nitrogens with zero attached hydrogens (tertiary/aromatic N) is 4. The second-order valence-corrected chi connectivity index (χ2v) is 8.94. The van der Waals surface area contributed by atoms with E-state index in [2.05, 4.69) is 38.0 Å². The lowest BCUT2D eigenvalue weighted by Crippen LogP contribution is -2.49. The smallest absolute Gasteiger partial charge is 0.244 e. The van der Waals surface area contributed by atoms with Gasteiger partial charge in [-0.05, 0) is 38.3 Å². The molecule has 144 valence electrons. The van der Waals surface area contributed by atoms with E-state index in [-0.39, 0.29) is 5.91 Å². The average Bonchev–Trinajstić information content (AvgIpc) is 3.17. The van der Waals surface area contributed by atoms with Crippen LogP contribution in [0.5, 0.6) is 0 Å². The number of hydrogen-bond donors (Lipinski definition) is 1. The van der Waals surface area contributed by atoms with Gasteiger partial charge < -0.3 is 10.2 Å². The molecule has 1 aromatic rings. The van der Waals surface area contributed by atoms with Gasteiger partial charge in [-0.15, -0.1) is 0 Å². The molecule has 4 heterocycles. The van der Waals surface area contributed by atoms with Crippen LogP contribution < -0.4 is 5.32 Å². The van der Waals surface area contributed by atoms with E-state index in [4.69, 9.17) is 0 Å². The summed E-state index contributed by atoms with van der Waals surface area (Å²) in [6, 6.07) is 2.76. The highest BCUT2D eigenvalue weighted by Crippen LogP contribution is 2.24. The zero-order chi connectivity index (χ0) is 17.8. The fourth-order valence-corrected chi connectivity index (χ4v) is 5.51. The van der Waals surface area contributed by atoms with Crippen LogP contribution in [-0.4, -0.2) is 82.3 Å². The van der Waals surface area contributed by atoms with Crippen LogP contribution in [-0.2, 0) is 11.3 Å². The number of nitrogens with one attached hydrogen (secondary N) is 1. The van der Waals surface area contributed by atoms with Crippen LogP contribution in [0.2, 0.25) is 0 Å². The Morgan fingerprint density at radius 2 is 2.00 bits per heavy atom. The van der Waals surface area contributed by atoms with E-state index >= 15 is 0 Å². The Labute approximate surface area is 160 Å². The lowest BCUT2D eigenvalue weighted by atomic mass is 9.96. The monoisotopic (exact) mass is 377 g/mol. The summed E-state index contributed by atoms with van der Waals surface area (Å²) in [5.74, 6) is 3.24. The van der Waals surface area contributed by atoms with Crippen LogP contribution in [0.15, 0.2) is 12.3 Å². The highest BCUT2D eigenvalue weighted by atomic mass is 32.2. The summed E-state index contributed by atoms with van der Waals surface area (Å²) >= 11 is 2.06. The summed E-state index contributed by atoms with van der Waals surface area (Å²) in [5, 5.41) is 7.91. The van der Waals surface area contributed by atoms with Crippen molar-refractivity contribution in [3.05, 3.63) is 18.0 Å². The molecule has 1 amide bonds. The molecule has 0 saturated carbocycles.